The number of benzene rings is 1. The van der Waals surface area contributed by atoms with Crippen LogP contribution >= 0.6 is 0 Å². The Morgan fingerprint density at radius 1 is 1.09 bits per heavy atom. The summed E-state index contributed by atoms with van der Waals surface area (Å²) >= 11 is 0. The average Bonchev–Trinajstić information content (AvgIpc) is 3.16. The van der Waals surface area contributed by atoms with Crippen LogP contribution < -0.4 is 21.7 Å². The van der Waals surface area contributed by atoms with E-state index in [0.29, 0.717) is 19.4 Å². The molecule has 1 aliphatic heterocycles. The van der Waals surface area contributed by atoms with Gasteiger partial charge in [0.1, 0.15) is 12.1 Å². The molecule has 1 fully saturated rings. The summed E-state index contributed by atoms with van der Waals surface area (Å²) in [6.45, 7) is 5.96. The van der Waals surface area contributed by atoms with Gasteiger partial charge in [-0.25, -0.2) is 4.79 Å². The smallest absolute Gasteiger partial charge is 0.408 e. The fourth-order valence-corrected chi connectivity index (χ4v) is 3.88. The Hall–Kier alpha value is -3.43. The number of ketones is 1. The molecule has 0 bridgehead atoms. The first-order chi connectivity index (χ1) is 16.1. The van der Waals surface area contributed by atoms with Crippen molar-refractivity contribution in [2.24, 2.45) is 17.6 Å². The fourth-order valence-electron chi connectivity index (χ4n) is 3.88. The van der Waals surface area contributed by atoms with Crippen LogP contribution in [0.15, 0.2) is 30.3 Å². The molecule has 0 saturated carbocycles. The summed E-state index contributed by atoms with van der Waals surface area (Å²) in [7, 11) is 0. The molecule has 1 aromatic rings. The number of nitrogens with one attached hydrogen (secondary N) is 3. The molecule has 0 aliphatic carbocycles. The van der Waals surface area contributed by atoms with Gasteiger partial charge in [-0.2, -0.15) is 0 Å². The molecule has 3 unspecified atom stereocenters. The highest BCUT2D eigenvalue weighted by atomic mass is 16.6. The van der Waals surface area contributed by atoms with Crippen molar-refractivity contribution in [1.82, 2.24) is 16.0 Å². The number of ether oxygens (including phenoxy) is 1. The van der Waals surface area contributed by atoms with E-state index in [1.165, 1.54) is 0 Å². The van der Waals surface area contributed by atoms with E-state index in [2.05, 4.69) is 16.0 Å². The zero-order chi connectivity index (χ0) is 25.3. The molecular weight excluding hydrogens is 440 g/mol. The number of carbonyl (C=O) groups excluding carboxylic acids is 5. The molecule has 0 radical (unpaired) electrons. The van der Waals surface area contributed by atoms with Crippen LogP contribution in [-0.4, -0.2) is 54.3 Å². The van der Waals surface area contributed by atoms with E-state index in [1.54, 1.807) is 6.92 Å². The van der Waals surface area contributed by atoms with Crippen LogP contribution in [0.2, 0.25) is 0 Å². The van der Waals surface area contributed by atoms with Crippen LogP contribution in [0.3, 0.4) is 0 Å². The molecule has 186 valence electrons. The van der Waals surface area contributed by atoms with Crippen molar-refractivity contribution in [3.63, 3.8) is 0 Å². The van der Waals surface area contributed by atoms with Gasteiger partial charge >= 0.3 is 6.09 Å². The fraction of sp³-hybridized carbons (Fsp3) is 0.542. The van der Waals surface area contributed by atoms with E-state index < -0.39 is 47.8 Å². The van der Waals surface area contributed by atoms with Crippen LogP contribution in [0, 0.1) is 11.8 Å². The number of carbonyl (C=O) groups is 5. The zero-order valence-corrected chi connectivity index (χ0v) is 19.8. The minimum absolute atomic E-state index is 0.0312. The van der Waals surface area contributed by atoms with Crippen molar-refractivity contribution in [1.29, 1.82) is 0 Å². The lowest BCUT2D eigenvalue weighted by Crippen LogP contribution is -2.54. The molecule has 4 atom stereocenters. The number of nitrogens with two attached hydrogens (primary N) is 1. The minimum atomic E-state index is -1.26. The normalized spacial score (nSPS) is 17.9. The quantitative estimate of drug-likeness (QED) is 0.329. The minimum Gasteiger partial charge on any atom is -0.446 e. The number of amides is 4. The van der Waals surface area contributed by atoms with Crippen molar-refractivity contribution >= 4 is 29.6 Å². The topological polar surface area (TPSA) is 157 Å². The van der Waals surface area contributed by atoms with E-state index in [-0.39, 0.29) is 24.7 Å². The Labute approximate surface area is 199 Å². The van der Waals surface area contributed by atoms with Crippen molar-refractivity contribution in [3.05, 3.63) is 35.9 Å². The first-order valence-electron chi connectivity index (χ1n) is 11.5. The van der Waals surface area contributed by atoms with Gasteiger partial charge in [0.05, 0.1) is 6.04 Å². The Morgan fingerprint density at radius 2 is 1.76 bits per heavy atom. The highest BCUT2D eigenvalue weighted by molar-refractivity contribution is 6.37. The summed E-state index contributed by atoms with van der Waals surface area (Å²) in [5, 5.41) is 7.72. The van der Waals surface area contributed by atoms with Crippen LogP contribution in [-0.2, 0) is 30.3 Å². The maximum Gasteiger partial charge on any atom is 0.408 e. The standard InChI is InChI=1S/C24H34N4O6/c1-14(2)11-19(28-24(33)34-15(3)12-16-7-5-4-6-8-16)23(32)27-18(20(29)21(25)30)13-17-9-10-26-22(17)31/h4-8,14-15,17-19H,9-13H2,1-3H3,(H2,25,30)(H,26,31)(H,27,32)(H,28,33)/t15?,17-,18?,19?/m0/s1. The molecule has 10 nitrogen and oxygen atoms in total. The second kappa shape index (κ2) is 12.7. The molecule has 2 rings (SSSR count). The van der Waals surface area contributed by atoms with Gasteiger partial charge in [0.15, 0.2) is 0 Å². The molecule has 0 spiro atoms. The van der Waals surface area contributed by atoms with Gasteiger partial charge in [-0.15, -0.1) is 0 Å². The van der Waals surface area contributed by atoms with Crippen molar-refractivity contribution in [2.45, 2.75) is 64.6 Å². The number of hydrogen-bond donors (Lipinski definition) is 4. The molecule has 0 aromatic heterocycles. The third-order valence-electron chi connectivity index (χ3n) is 5.55. The molecule has 1 saturated heterocycles. The first kappa shape index (κ1) is 26.8. The van der Waals surface area contributed by atoms with Crippen molar-refractivity contribution in [3.8, 4) is 0 Å². The van der Waals surface area contributed by atoms with Crippen LogP contribution in [0.25, 0.3) is 0 Å². The Bertz CT molecular complexity index is 889. The van der Waals surface area contributed by atoms with Crippen molar-refractivity contribution < 1.29 is 28.7 Å². The van der Waals surface area contributed by atoms with E-state index in [0.717, 1.165) is 5.56 Å². The molecule has 1 heterocycles. The number of rotatable bonds is 12. The monoisotopic (exact) mass is 474 g/mol. The molecule has 34 heavy (non-hydrogen) atoms. The number of Topliss-reactive ketones (excluding diaryl/α,β-unsaturated/α-hetero) is 1. The van der Waals surface area contributed by atoms with Gasteiger partial charge in [0.25, 0.3) is 5.91 Å². The summed E-state index contributed by atoms with van der Waals surface area (Å²) < 4.78 is 5.40. The molecule has 1 aliphatic rings. The third-order valence-corrected chi connectivity index (χ3v) is 5.55. The number of primary amides is 1. The summed E-state index contributed by atoms with van der Waals surface area (Å²) in [6.07, 6.45) is 0.0130. The second-order valence-corrected chi connectivity index (χ2v) is 9.03. The zero-order valence-electron chi connectivity index (χ0n) is 19.8. The van der Waals surface area contributed by atoms with E-state index in [9.17, 15) is 24.0 Å². The summed E-state index contributed by atoms with van der Waals surface area (Å²) in [4.78, 5) is 61.2. The second-order valence-electron chi connectivity index (χ2n) is 9.03. The lowest BCUT2D eigenvalue weighted by atomic mass is 9.94. The third kappa shape index (κ3) is 8.49. The molecule has 4 amide bonds. The summed E-state index contributed by atoms with van der Waals surface area (Å²) in [5.74, 6) is -3.58. The van der Waals surface area contributed by atoms with Crippen molar-refractivity contribution in [2.75, 3.05) is 6.54 Å². The van der Waals surface area contributed by atoms with Gasteiger partial charge in [-0.05, 0) is 37.7 Å². The Kier molecular flexibility index (Phi) is 10.0. The molecule has 10 heteroatoms. The predicted octanol–water partition coefficient (Wildman–Crippen LogP) is 0.824. The van der Waals surface area contributed by atoms with E-state index in [4.69, 9.17) is 10.5 Å². The maximum absolute atomic E-state index is 13.0. The molecule has 5 N–H and O–H groups in total. The first-order valence-corrected chi connectivity index (χ1v) is 11.5. The van der Waals surface area contributed by atoms with Gasteiger partial charge in [-0.3, -0.25) is 19.2 Å². The van der Waals surface area contributed by atoms with Crippen LogP contribution in [0.4, 0.5) is 4.79 Å². The number of hydrogen-bond acceptors (Lipinski definition) is 6. The van der Waals surface area contributed by atoms with Gasteiger partial charge in [0, 0.05) is 18.9 Å². The lowest BCUT2D eigenvalue weighted by Gasteiger charge is -2.25. The average molecular weight is 475 g/mol. The van der Waals surface area contributed by atoms with Crippen LogP contribution in [0.1, 0.15) is 45.6 Å². The lowest BCUT2D eigenvalue weighted by molar-refractivity contribution is -0.139. The highest BCUT2D eigenvalue weighted by Gasteiger charge is 2.35. The molecule has 1 aromatic carbocycles. The van der Waals surface area contributed by atoms with Crippen LogP contribution in [0.5, 0.6) is 0 Å². The highest BCUT2D eigenvalue weighted by Crippen LogP contribution is 2.17. The summed E-state index contributed by atoms with van der Waals surface area (Å²) in [6, 6.07) is 7.27. The van der Waals surface area contributed by atoms with Gasteiger partial charge in [0.2, 0.25) is 17.6 Å². The van der Waals surface area contributed by atoms with Gasteiger partial charge in [-0.1, -0.05) is 44.2 Å². The maximum atomic E-state index is 13.0. The van der Waals surface area contributed by atoms with E-state index in [1.807, 2.05) is 44.2 Å². The Morgan fingerprint density at radius 3 is 2.32 bits per heavy atom. The number of alkyl carbamates (subject to hydrolysis) is 1. The van der Waals surface area contributed by atoms with E-state index >= 15 is 0 Å². The predicted molar refractivity (Wildman–Crippen MR) is 124 cm³/mol. The summed E-state index contributed by atoms with van der Waals surface area (Å²) in [5.41, 5.74) is 6.15. The van der Waals surface area contributed by atoms with Gasteiger partial charge < -0.3 is 26.4 Å². The Balaban J connectivity index is 2.03. The molecular formula is C24H34N4O6. The largest absolute Gasteiger partial charge is 0.446 e. The SMILES string of the molecule is CC(C)CC(NC(=O)OC(C)Cc1ccccc1)C(=O)NC(C[C@@H]1CCNC1=O)C(=O)C(N)=O.